The molecular weight excluding hydrogens is 222 g/mol. The van der Waals surface area contributed by atoms with Gasteiger partial charge in [-0.25, -0.2) is 0 Å². The highest BCUT2D eigenvalue weighted by Crippen LogP contribution is 2.37. The monoisotopic (exact) mass is 241 g/mol. The molecule has 1 aliphatic heterocycles. The van der Waals surface area contributed by atoms with Gasteiger partial charge in [0.05, 0.1) is 12.6 Å². The summed E-state index contributed by atoms with van der Waals surface area (Å²) in [4.78, 5) is 22.5. The van der Waals surface area contributed by atoms with Gasteiger partial charge in [0.2, 0.25) is 11.8 Å². The molecule has 96 valence electrons. The molecule has 0 aromatic carbocycles. The molecule has 0 aromatic heterocycles. The van der Waals surface area contributed by atoms with Crippen molar-refractivity contribution >= 4 is 11.8 Å². The Labute approximate surface area is 99.9 Å². The van der Waals surface area contributed by atoms with Crippen molar-refractivity contribution in [2.24, 2.45) is 17.6 Å². The molecule has 0 bridgehead atoms. The van der Waals surface area contributed by atoms with Gasteiger partial charge in [0.15, 0.2) is 0 Å². The number of amides is 2. The lowest BCUT2D eigenvalue weighted by molar-refractivity contribution is -0.127. The van der Waals surface area contributed by atoms with Crippen molar-refractivity contribution in [3.8, 4) is 0 Å². The molecule has 2 fully saturated rings. The lowest BCUT2D eigenvalue weighted by atomic mass is 9.93. The molecular formula is C11H19N3O3. The zero-order valence-corrected chi connectivity index (χ0v) is 9.69. The predicted octanol–water partition coefficient (Wildman–Crippen LogP) is -1.66. The molecule has 1 aliphatic carbocycles. The van der Waals surface area contributed by atoms with Gasteiger partial charge >= 0.3 is 0 Å². The summed E-state index contributed by atoms with van der Waals surface area (Å²) >= 11 is 0. The molecule has 4 unspecified atom stereocenters. The second-order valence-corrected chi connectivity index (χ2v) is 4.90. The quantitative estimate of drug-likeness (QED) is 0.472. The van der Waals surface area contributed by atoms with Crippen LogP contribution in [0, 0.1) is 11.8 Å². The molecule has 4 atom stereocenters. The van der Waals surface area contributed by atoms with E-state index in [0.717, 1.165) is 13.0 Å². The predicted molar refractivity (Wildman–Crippen MR) is 60.8 cm³/mol. The Kier molecular flexibility index (Phi) is 3.63. The average Bonchev–Trinajstić information content (AvgIpc) is 2.86. The largest absolute Gasteiger partial charge is 0.381 e. The van der Waals surface area contributed by atoms with E-state index in [-0.39, 0.29) is 18.5 Å². The van der Waals surface area contributed by atoms with E-state index in [9.17, 15) is 14.7 Å². The number of aliphatic hydroxyl groups excluding tert-OH is 1. The molecule has 2 rings (SSSR count). The molecule has 1 saturated heterocycles. The van der Waals surface area contributed by atoms with Crippen molar-refractivity contribution in [2.75, 3.05) is 13.1 Å². The zero-order valence-electron chi connectivity index (χ0n) is 9.69. The Bertz CT molecular complexity index is 321. The number of carbonyl (C=O) groups is 2. The number of fused-ring (bicyclic) bond motifs is 1. The number of rotatable bonds is 4. The topological polar surface area (TPSA) is 104 Å². The highest BCUT2D eigenvalue weighted by Gasteiger charge is 2.42. The van der Waals surface area contributed by atoms with Gasteiger partial charge in [-0.1, -0.05) is 6.42 Å². The Hall–Kier alpha value is -1.14. The molecule has 5 N–H and O–H groups in total. The van der Waals surface area contributed by atoms with E-state index in [1.165, 1.54) is 12.8 Å². The van der Waals surface area contributed by atoms with Gasteiger partial charge < -0.3 is 21.5 Å². The highest BCUT2D eigenvalue weighted by atomic mass is 16.3. The third-order valence-corrected chi connectivity index (χ3v) is 3.83. The van der Waals surface area contributed by atoms with E-state index in [4.69, 9.17) is 5.73 Å². The number of nitrogens with one attached hydrogen (secondary N) is 2. The summed E-state index contributed by atoms with van der Waals surface area (Å²) in [5.41, 5.74) is 4.91. The molecule has 17 heavy (non-hydrogen) atoms. The SMILES string of the molecule is NC(=O)C(O)CNC(=O)C1NCC2CCCC21. The molecule has 6 heteroatoms. The molecule has 0 spiro atoms. The number of nitrogens with two attached hydrogens (primary N) is 1. The van der Waals surface area contributed by atoms with Crippen molar-refractivity contribution in [1.29, 1.82) is 0 Å². The fourth-order valence-electron chi connectivity index (χ4n) is 2.88. The number of hydrogen-bond donors (Lipinski definition) is 4. The third-order valence-electron chi connectivity index (χ3n) is 3.83. The van der Waals surface area contributed by atoms with E-state index in [1.54, 1.807) is 0 Å². The van der Waals surface area contributed by atoms with Crippen LogP contribution in [-0.4, -0.2) is 42.2 Å². The maximum absolute atomic E-state index is 11.9. The second-order valence-electron chi connectivity index (χ2n) is 4.90. The Morgan fingerprint density at radius 3 is 2.94 bits per heavy atom. The van der Waals surface area contributed by atoms with Crippen molar-refractivity contribution in [3.63, 3.8) is 0 Å². The highest BCUT2D eigenvalue weighted by molar-refractivity contribution is 5.84. The van der Waals surface area contributed by atoms with Gasteiger partial charge in [0, 0.05) is 0 Å². The van der Waals surface area contributed by atoms with Crippen molar-refractivity contribution < 1.29 is 14.7 Å². The maximum atomic E-state index is 11.9. The first-order valence-corrected chi connectivity index (χ1v) is 6.08. The lowest BCUT2D eigenvalue weighted by Crippen LogP contribution is -2.48. The maximum Gasteiger partial charge on any atom is 0.248 e. The lowest BCUT2D eigenvalue weighted by Gasteiger charge is -2.18. The zero-order chi connectivity index (χ0) is 12.4. The van der Waals surface area contributed by atoms with Crippen LogP contribution in [0.2, 0.25) is 0 Å². The molecule has 1 saturated carbocycles. The number of aliphatic hydroxyl groups is 1. The van der Waals surface area contributed by atoms with Gasteiger partial charge in [-0.15, -0.1) is 0 Å². The van der Waals surface area contributed by atoms with Crippen LogP contribution in [-0.2, 0) is 9.59 Å². The van der Waals surface area contributed by atoms with Crippen LogP contribution in [0.15, 0.2) is 0 Å². The van der Waals surface area contributed by atoms with E-state index in [2.05, 4.69) is 10.6 Å². The summed E-state index contributed by atoms with van der Waals surface area (Å²) < 4.78 is 0. The van der Waals surface area contributed by atoms with E-state index < -0.39 is 12.0 Å². The van der Waals surface area contributed by atoms with Crippen LogP contribution in [0.1, 0.15) is 19.3 Å². The van der Waals surface area contributed by atoms with Crippen LogP contribution in [0.25, 0.3) is 0 Å². The summed E-state index contributed by atoms with van der Waals surface area (Å²) in [6.45, 7) is 0.783. The normalized spacial score (nSPS) is 33.1. The fourth-order valence-corrected chi connectivity index (χ4v) is 2.88. The molecule has 0 aromatic rings. The summed E-state index contributed by atoms with van der Waals surface area (Å²) in [6.07, 6.45) is 2.14. The van der Waals surface area contributed by atoms with Gasteiger partial charge in [0.1, 0.15) is 6.10 Å². The Balaban J connectivity index is 1.82. The Morgan fingerprint density at radius 2 is 2.24 bits per heavy atom. The van der Waals surface area contributed by atoms with Gasteiger partial charge in [-0.3, -0.25) is 9.59 Å². The van der Waals surface area contributed by atoms with Crippen LogP contribution >= 0.6 is 0 Å². The van der Waals surface area contributed by atoms with Crippen LogP contribution in [0.4, 0.5) is 0 Å². The van der Waals surface area contributed by atoms with Gasteiger partial charge in [0.25, 0.3) is 0 Å². The molecule has 2 aliphatic rings. The average molecular weight is 241 g/mol. The van der Waals surface area contributed by atoms with Crippen molar-refractivity contribution in [3.05, 3.63) is 0 Å². The summed E-state index contributed by atoms with van der Waals surface area (Å²) in [5, 5.41) is 15.0. The van der Waals surface area contributed by atoms with Crippen molar-refractivity contribution in [1.82, 2.24) is 10.6 Å². The molecule has 1 heterocycles. The number of hydrogen-bond acceptors (Lipinski definition) is 4. The first-order valence-electron chi connectivity index (χ1n) is 6.08. The molecule has 6 nitrogen and oxygen atoms in total. The van der Waals surface area contributed by atoms with E-state index in [0.29, 0.717) is 11.8 Å². The van der Waals surface area contributed by atoms with Gasteiger partial charge in [-0.2, -0.15) is 0 Å². The Morgan fingerprint density at radius 1 is 1.47 bits per heavy atom. The van der Waals surface area contributed by atoms with Crippen LogP contribution < -0.4 is 16.4 Å². The van der Waals surface area contributed by atoms with E-state index in [1.807, 2.05) is 0 Å². The second kappa shape index (κ2) is 5.01. The first-order chi connectivity index (χ1) is 8.09. The first kappa shape index (κ1) is 12.3. The van der Waals surface area contributed by atoms with Crippen LogP contribution in [0.3, 0.4) is 0 Å². The minimum Gasteiger partial charge on any atom is -0.381 e. The minimum atomic E-state index is -1.31. The van der Waals surface area contributed by atoms with Gasteiger partial charge in [-0.05, 0) is 31.2 Å². The smallest absolute Gasteiger partial charge is 0.248 e. The molecule has 0 radical (unpaired) electrons. The number of carbonyl (C=O) groups excluding carboxylic acids is 2. The van der Waals surface area contributed by atoms with Crippen LogP contribution in [0.5, 0.6) is 0 Å². The summed E-state index contributed by atoms with van der Waals surface area (Å²) in [7, 11) is 0. The third kappa shape index (κ3) is 2.58. The van der Waals surface area contributed by atoms with Crippen molar-refractivity contribution in [2.45, 2.75) is 31.4 Å². The summed E-state index contributed by atoms with van der Waals surface area (Å²) in [6, 6.07) is -0.178. The number of primary amides is 1. The van der Waals surface area contributed by atoms with E-state index >= 15 is 0 Å². The molecule has 2 amide bonds. The fraction of sp³-hybridized carbons (Fsp3) is 0.818. The standard InChI is InChI=1S/C11H19N3O3/c12-10(16)8(15)5-14-11(17)9-7-3-1-2-6(7)4-13-9/h6-9,13,15H,1-5H2,(H2,12,16)(H,14,17). The minimum absolute atomic E-state index is 0.107. The summed E-state index contributed by atoms with van der Waals surface area (Å²) in [5.74, 6) is 0.0515.